The van der Waals surface area contributed by atoms with Crippen LogP contribution in [-0.2, 0) is 4.79 Å². The zero-order chi connectivity index (χ0) is 17.3. The predicted molar refractivity (Wildman–Crippen MR) is 95.1 cm³/mol. The van der Waals surface area contributed by atoms with E-state index in [0.29, 0.717) is 17.3 Å². The number of nitrogens with zero attached hydrogens (tertiary/aromatic N) is 2. The van der Waals surface area contributed by atoms with Crippen molar-refractivity contribution in [2.24, 2.45) is 0 Å². The first-order chi connectivity index (χ1) is 11.5. The van der Waals surface area contributed by atoms with Crippen molar-refractivity contribution in [3.63, 3.8) is 0 Å². The molecule has 1 aromatic carbocycles. The third-order valence-corrected chi connectivity index (χ3v) is 5.78. The number of aliphatic carboxylic acids is 1. The lowest BCUT2D eigenvalue weighted by atomic mass is 10.1. The Morgan fingerprint density at radius 2 is 2.04 bits per heavy atom. The van der Waals surface area contributed by atoms with E-state index in [1.54, 1.807) is 19.1 Å². The van der Waals surface area contributed by atoms with Gasteiger partial charge in [0.2, 0.25) is 0 Å². The van der Waals surface area contributed by atoms with Gasteiger partial charge in [0.15, 0.2) is 0 Å². The monoisotopic (exact) mass is 362 g/mol. The molecule has 0 aliphatic rings. The second kappa shape index (κ2) is 6.86. The van der Waals surface area contributed by atoms with Gasteiger partial charge in [0.1, 0.15) is 26.7 Å². The normalized spacial score (nSPS) is 12.5. The van der Waals surface area contributed by atoms with Crippen LogP contribution in [0.5, 0.6) is 0 Å². The molecule has 0 bridgehead atoms. The van der Waals surface area contributed by atoms with Crippen LogP contribution >= 0.6 is 23.1 Å². The van der Waals surface area contributed by atoms with Crippen LogP contribution in [0.4, 0.5) is 4.39 Å². The number of thioether (sulfide) groups is 1. The highest BCUT2D eigenvalue weighted by Crippen LogP contribution is 2.39. The van der Waals surface area contributed by atoms with Gasteiger partial charge in [-0.25, -0.2) is 14.4 Å². The minimum Gasteiger partial charge on any atom is -0.480 e. The van der Waals surface area contributed by atoms with Crippen molar-refractivity contribution < 1.29 is 14.3 Å². The lowest BCUT2D eigenvalue weighted by molar-refractivity contribution is -0.136. The number of carboxylic acids is 1. The van der Waals surface area contributed by atoms with E-state index in [2.05, 4.69) is 9.97 Å². The van der Waals surface area contributed by atoms with Gasteiger partial charge < -0.3 is 5.11 Å². The van der Waals surface area contributed by atoms with Gasteiger partial charge in [-0.05, 0) is 31.0 Å². The van der Waals surface area contributed by atoms with Crippen LogP contribution < -0.4 is 0 Å². The number of carbonyl (C=O) groups is 1. The molecule has 0 amide bonds. The third-order valence-electron chi connectivity index (χ3n) is 3.57. The third kappa shape index (κ3) is 3.27. The van der Waals surface area contributed by atoms with Crippen molar-refractivity contribution in [2.75, 3.05) is 0 Å². The van der Waals surface area contributed by atoms with Gasteiger partial charge >= 0.3 is 5.97 Å². The summed E-state index contributed by atoms with van der Waals surface area (Å²) in [6, 6.07) is 6.23. The van der Waals surface area contributed by atoms with Crippen LogP contribution in [0.15, 0.2) is 34.7 Å². The van der Waals surface area contributed by atoms with Gasteiger partial charge in [0.05, 0.1) is 5.39 Å². The number of thiophene rings is 1. The van der Waals surface area contributed by atoms with E-state index in [0.717, 1.165) is 21.3 Å². The van der Waals surface area contributed by atoms with E-state index in [1.807, 2.05) is 12.3 Å². The number of hydrogen-bond acceptors (Lipinski definition) is 5. The van der Waals surface area contributed by atoms with E-state index < -0.39 is 11.2 Å². The number of halogens is 1. The molecule has 1 N–H and O–H groups in total. The molecule has 2 heterocycles. The lowest BCUT2D eigenvalue weighted by Gasteiger charge is -2.11. The van der Waals surface area contributed by atoms with Crippen molar-refractivity contribution >= 4 is 39.3 Å². The summed E-state index contributed by atoms with van der Waals surface area (Å²) in [5.41, 5.74) is 1.76. The Hall–Kier alpha value is -1.99. The van der Waals surface area contributed by atoms with Crippen molar-refractivity contribution in [2.45, 2.75) is 30.5 Å². The second-order valence-corrected chi connectivity index (χ2v) is 7.31. The van der Waals surface area contributed by atoms with Crippen LogP contribution in [0, 0.1) is 12.7 Å². The van der Waals surface area contributed by atoms with Gasteiger partial charge in [-0.3, -0.25) is 4.79 Å². The molecule has 2 aromatic heterocycles. The van der Waals surface area contributed by atoms with Crippen molar-refractivity contribution in [3.8, 4) is 11.1 Å². The minimum absolute atomic E-state index is 0.295. The first-order valence-corrected chi connectivity index (χ1v) is 9.16. The number of aromatic nitrogens is 2. The van der Waals surface area contributed by atoms with Gasteiger partial charge in [-0.2, -0.15) is 0 Å². The largest absolute Gasteiger partial charge is 0.480 e. The summed E-state index contributed by atoms with van der Waals surface area (Å²) < 4.78 is 13.2. The molecule has 24 heavy (non-hydrogen) atoms. The van der Waals surface area contributed by atoms with E-state index >= 15 is 0 Å². The minimum atomic E-state index is -0.856. The molecule has 0 aliphatic heterocycles. The Bertz CT molecular complexity index is 893. The highest BCUT2D eigenvalue weighted by atomic mass is 32.2. The van der Waals surface area contributed by atoms with Crippen molar-refractivity contribution in [3.05, 3.63) is 41.3 Å². The molecule has 0 spiro atoms. The Labute approximate surface area is 146 Å². The first-order valence-electron chi connectivity index (χ1n) is 7.40. The fourth-order valence-electron chi connectivity index (χ4n) is 2.38. The average molecular weight is 362 g/mol. The van der Waals surface area contributed by atoms with E-state index in [9.17, 15) is 14.3 Å². The van der Waals surface area contributed by atoms with Crippen LogP contribution in [-0.4, -0.2) is 26.3 Å². The molecule has 1 unspecified atom stereocenters. The highest BCUT2D eigenvalue weighted by molar-refractivity contribution is 8.00. The van der Waals surface area contributed by atoms with Gasteiger partial charge in [-0.1, -0.05) is 30.8 Å². The number of hydrogen-bond donors (Lipinski definition) is 1. The van der Waals surface area contributed by atoms with E-state index in [4.69, 9.17) is 0 Å². The second-order valence-electron chi connectivity index (χ2n) is 5.27. The van der Waals surface area contributed by atoms with Crippen molar-refractivity contribution in [1.29, 1.82) is 0 Å². The maximum atomic E-state index is 13.2. The fourth-order valence-corrected chi connectivity index (χ4v) is 4.49. The molecule has 3 aromatic rings. The molecule has 0 saturated heterocycles. The standard InChI is InChI=1S/C17H15FN2O2S2/c1-3-13(17(21)22)24-16-14-12(10-4-6-11(18)7-5-10)8-23-15(14)19-9(2)20-16/h4-8,13H,3H2,1-2H3,(H,21,22). The molecule has 0 saturated carbocycles. The number of rotatable bonds is 5. The van der Waals surface area contributed by atoms with E-state index in [-0.39, 0.29) is 5.82 Å². The topological polar surface area (TPSA) is 63.1 Å². The quantitative estimate of drug-likeness (QED) is 0.524. The number of carboxylic acid groups (broad SMARTS) is 1. The van der Waals surface area contributed by atoms with Gasteiger partial charge in [0.25, 0.3) is 0 Å². The van der Waals surface area contributed by atoms with Crippen LogP contribution in [0.3, 0.4) is 0 Å². The molecule has 0 aliphatic carbocycles. The SMILES string of the molecule is CCC(Sc1nc(C)nc2scc(-c3ccc(F)cc3)c12)C(=O)O. The zero-order valence-electron chi connectivity index (χ0n) is 13.1. The highest BCUT2D eigenvalue weighted by Gasteiger charge is 2.22. The Balaban J connectivity index is 2.15. The summed E-state index contributed by atoms with van der Waals surface area (Å²) >= 11 is 2.72. The van der Waals surface area contributed by atoms with Gasteiger partial charge in [0, 0.05) is 10.9 Å². The summed E-state index contributed by atoms with van der Waals surface area (Å²) in [5.74, 6) is -0.542. The molecule has 4 nitrogen and oxygen atoms in total. The summed E-state index contributed by atoms with van der Waals surface area (Å²) in [4.78, 5) is 21.1. The Morgan fingerprint density at radius 3 is 2.67 bits per heavy atom. The summed E-state index contributed by atoms with van der Waals surface area (Å²) in [6.07, 6.45) is 0.501. The summed E-state index contributed by atoms with van der Waals surface area (Å²) in [7, 11) is 0. The molecule has 7 heteroatoms. The number of fused-ring (bicyclic) bond motifs is 1. The molecule has 0 fully saturated rings. The van der Waals surface area contributed by atoms with Crippen LogP contribution in [0.1, 0.15) is 19.2 Å². The average Bonchev–Trinajstić information content (AvgIpc) is 2.96. The lowest BCUT2D eigenvalue weighted by Crippen LogP contribution is -2.15. The maximum absolute atomic E-state index is 13.2. The molecular weight excluding hydrogens is 347 g/mol. The molecule has 0 radical (unpaired) electrons. The molecule has 124 valence electrons. The summed E-state index contributed by atoms with van der Waals surface area (Å²) in [6.45, 7) is 3.63. The van der Waals surface area contributed by atoms with Gasteiger partial charge in [-0.15, -0.1) is 11.3 Å². The Kier molecular flexibility index (Phi) is 4.82. The molecular formula is C17H15FN2O2S2. The maximum Gasteiger partial charge on any atom is 0.317 e. The molecule has 1 atom stereocenters. The number of aryl methyl sites for hydroxylation is 1. The summed E-state index contributed by atoms with van der Waals surface area (Å²) in [5, 5.41) is 12.2. The van der Waals surface area contributed by atoms with E-state index in [1.165, 1.54) is 35.2 Å². The Morgan fingerprint density at radius 1 is 1.33 bits per heavy atom. The molecule has 3 rings (SSSR count). The van der Waals surface area contributed by atoms with Crippen molar-refractivity contribution in [1.82, 2.24) is 9.97 Å². The van der Waals surface area contributed by atoms with Crippen LogP contribution in [0.25, 0.3) is 21.3 Å². The smallest absolute Gasteiger partial charge is 0.317 e. The number of benzene rings is 1. The zero-order valence-corrected chi connectivity index (χ0v) is 14.7. The first kappa shape index (κ1) is 16.9. The fraction of sp³-hybridized carbons (Fsp3) is 0.235. The predicted octanol–water partition coefficient (Wildman–Crippen LogP) is 4.76. The van der Waals surface area contributed by atoms with Crippen LogP contribution in [0.2, 0.25) is 0 Å².